The molecule has 0 spiro atoms. The molecule has 0 radical (unpaired) electrons. The Labute approximate surface area is 99.1 Å². The smallest absolute Gasteiger partial charge is 0.323 e. The SMILES string of the molecule is CCC(C)N(CC(=O)O)c1cncc(Cl)n1. The van der Waals surface area contributed by atoms with Gasteiger partial charge in [0.15, 0.2) is 0 Å². The number of aromatic nitrogens is 2. The number of rotatable bonds is 5. The Morgan fingerprint density at radius 2 is 2.31 bits per heavy atom. The highest BCUT2D eigenvalue weighted by molar-refractivity contribution is 6.29. The van der Waals surface area contributed by atoms with E-state index in [1.54, 1.807) is 4.90 Å². The molecule has 6 heteroatoms. The van der Waals surface area contributed by atoms with Gasteiger partial charge in [-0.2, -0.15) is 0 Å². The van der Waals surface area contributed by atoms with Crippen molar-refractivity contribution in [1.29, 1.82) is 0 Å². The van der Waals surface area contributed by atoms with E-state index in [1.807, 2.05) is 13.8 Å². The van der Waals surface area contributed by atoms with E-state index < -0.39 is 5.97 Å². The zero-order valence-electron chi connectivity index (χ0n) is 9.22. The van der Waals surface area contributed by atoms with Crippen molar-refractivity contribution >= 4 is 23.4 Å². The van der Waals surface area contributed by atoms with E-state index in [4.69, 9.17) is 16.7 Å². The highest BCUT2D eigenvalue weighted by Gasteiger charge is 2.17. The Morgan fingerprint density at radius 1 is 1.62 bits per heavy atom. The Hall–Kier alpha value is -1.36. The first-order chi connectivity index (χ1) is 7.54. The van der Waals surface area contributed by atoms with Gasteiger partial charge in [0.25, 0.3) is 0 Å². The third kappa shape index (κ3) is 3.34. The Morgan fingerprint density at radius 3 is 2.81 bits per heavy atom. The van der Waals surface area contributed by atoms with E-state index in [1.165, 1.54) is 12.4 Å². The van der Waals surface area contributed by atoms with Crippen LogP contribution in [0.2, 0.25) is 5.15 Å². The van der Waals surface area contributed by atoms with E-state index in [0.29, 0.717) is 5.82 Å². The number of anilines is 1. The summed E-state index contributed by atoms with van der Waals surface area (Å²) in [6.07, 6.45) is 3.75. The number of hydrogen-bond donors (Lipinski definition) is 1. The standard InChI is InChI=1S/C10H14ClN3O2/c1-3-7(2)14(6-10(15)16)9-5-12-4-8(11)13-9/h4-5,7H,3,6H2,1-2H3,(H,15,16). The molecule has 5 nitrogen and oxygen atoms in total. The van der Waals surface area contributed by atoms with Crippen molar-refractivity contribution in [2.24, 2.45) is 0 Å². The van der Waals surface area contributed by atoms with Gasteiger partial charge in [-0.15, -0.1) is 0 Å². The van der Waals surface area contributed by atoms with Crippen molar-refractivity contribution in [3.05, 3.63) is 17.5 Å². The Balaban J connectivity index is 2.95. The number of halogens is 1. The van der Waals surface area contributed by atoms with E-state index in [2.05, 4.69) is 9.97 Å². The maximum atomic E-state index is 10.8. The number of aliphatic carboxylic acids is 1. The van der Waals surface area contributed by atoms with Gasteiger partial charge in [0.05, 0.1) is 12.4 Å². The average molecular weight is 244 g/mol. The van der Waals surface area contributed by atoms with Gasteiger partial charge in [0.2, 0.25) is 0 Å². The number of hydrogen-bond acceptors (Lipinski definition) is 4. The second kappa shape index (κ2) is 5.65. The summed E-state index contributed by atoms with van der Waals surface area (Å²) in [7, 11) is 0. The lowest BCUT2D eigenvalue weighted by atomic mass is 10.2. The number of carboxylic acid groups (broad SMARTS) is 1. The maximum absolute atomic E-state index is 10.8. The summed E-state index contributed by atoms with van der Waals surface area (Å²) in [5, 5.41) is 9.10. The fourth-order valence-corrected chi connectivity index (χ4v) is 1.44. The van der Waals surface area contributed by atoms with Crippen LogP contribution in [0.25, 0.3) is 0 Å². The number of carbonyl (C=O) groups is 1. The van der Waals surface area contributed by atoms with Crippen LogP contribution in [-0.4, -0.2) is 33.6 Å². The predicted octanol–water partition coefficient (Wildman–Crippen LogP) is 1.82. The molecular formula is C10H14ClN3O2. The predicted molar refractivity (Wildman–Crippen MR) is 61.8 cm³/mol. The highest BCUT2D eigenvalue weighted by Crippen LogP contribution is 2.16. The normalized spacial score (nSPS) is 12.2. The van der Waals surface area contributed by atoms with Gasteiger partial charge >= 0.3 is 5.97 Å². The molecular weight excluding hydrogens is 230 g/mol. The molecule has 0 saturated carbocycles. The quantitative estimate of drug-likeness (QED) is 0.855. The number of carboxylic acids is 1. The third-order valence-electron chi connectivity index (χ3n) is 2.32. The van der Waals surface area contributed by atoms with Crippen LogP contribution in [0.4, 0.5) is 5.82 Å². The molecule has 1 aromatic rings. The minimum absolute atomic E-state index is 0.0730. The van der Waals surface area contributed by atoms with Gasteiger partial charge in [-0.05, 0) is 13.3 Å². The molecule has 0 amide bonds. The summed E-state index contributed by atoms with van der Waals surface area (Å²) in [5.74, 6) is -0.411. The minimum Gasteiger partial charge on any atom is -0.480 e. The highest BCUT2D eigenvalue weighted by atomic mass is 35.5. The largest absolute Gasteiger partial charge is 0.480 e. The van der Waals surface area contributed by atoms with Crippen LogP contribution in [-0.2, 0) is 4.79 Å². The first-order valence-electron chi connectivity index (χ1n) is 5.00. The number of nitrogens with zero attached hydrogens (tertiary/aromatic N) is 3. The molecule has 88 valence electrons. The Kier molecular flexibility index (Phi) is 4.49. The summed E-state index contributed by atoms with van der Waals surface area (Å²) >= 11 is 5.73. The van der Waals surface area contributed by atoms with E-state index >= 15 is 0 Å². The van der Waals surface area contributed by atoms with E-state index in [9.17, 15) is 4.79 Å². The van der Waals surface area contributed by atoms with Gasteiger partial charge in [0.1, 0.15) is 17.5 Å². The second-order valence-corrected chi connectivity index (χ2v) is 3.87. The molecule has 1 atom stereocenters. The van der Waals surface area contributed by atoms with E-state index in [-0.39, 0.29) is 17.7 Å². The third-order valence-corrected chi connectivity index (χ3v) is 2.50. The summed E-state index contributed by atoms with van der Waals surface area (Å²) in [4.78, 5) is 20.4. The van der Waals surface area contributed by atoms with Crippen LogP contribution in [0.5, 0.6) is 0 Å². The monoisotopic (exact) mass is 243 g/mol. The summed E-state index contributed by atoms with van der Waals surface area (Å²) in [6.45, 7) is 3.81. The van der Waals surface area contributed by atoms with Gasteiger partial charge in [-0.25, -0.2) is 4.98 Å². The molecule has 0 saturated heterocycles. The molecule has 1 N–H and O–H groups in total. The second-order valence-electron chi connectivity index (χ2n) is 3.48. The first-order valence-corrected chi connectivity index (χ1v) is 5.38. The lowest BCUT2D eigenvalue weighted by molar-refractivity contribution is -0.135. The summed E-state index contributed by atoms with van der Waals surface area (Å²) in [5.41, 5.74) is 0. The molecule has 1 rings (SSSR count). The lowest BCUT2D eigenvalue weighted by Crippen LogP contribution is -2.37. The summed E-state index contributed by atoms with van der Waals surface area (Å²) in [6, 6.07) is 0.0730. The van der Waals surface area contributed by atoms with Gasteiger partial charge in [-0.3, -0.25) is 9.78 Å². The molecule has 16 heavy (non-hydrogen) atoms. The molecule has 0 aliphatic carbocycles. The van der Waals surface area contributed by atoms with Crippen molar-refractivity contribution < 1.29 is 9.90 Å². The lowest BCUT2D eigenvalue weighted by Gasteiger charge is -2.27. The Bertz CT molecular complexity index is 373. The van der Waals surface area contributed by atoms with Gasteiger partial charge in [0, 0.05) is 6.04 Å². The van der Waals surface area contributed by atoms with E-state index in [0.717, 1.165) is 6.42 Å². The topological polar surface area (TPSA) is 66.3 Å². The fraction of sp³-hybridized carbons (Fsp3) is 0.500. The molecule has 1 heterocycles. The van der Waals surface area contributed by atoms with Crippen molar-refractivity contribution in [3.63, 3.8) is 0 Å². The summed E-state index contributed by atoms with van der Waals surface area (Å²) < 4.78 is 0. The van der Waals surface area contributed by atoms with Crippen LogP contribution in [0.1, 0.15) is 20.3 Å². The first kappa shape index (κ1) is 12.7. The van der Waals surface area contributed by atoms with Crippen LogP contribution in [0, 0.1) is 0 Å². The van der Waals surface area contributed by atoms with Crippen molar-refractivity contribution in [1.82, 2.24) is 9.97 Å². The van der Waals surface area contributed by atoms with Crippen LogP contribution < -0.4 is 4.90 Å². The van der Waals surface area contributed by atoms with Crippen molar-refractivity contribution in [3.8, 4) is 0 Å². The van der Waals surface area contributed by atoms with Crippen molar-refractivity contribution in [2.45, 2.75) is 26.3 Å². The molecule has 0 aliphatic rings. The fourth-order valence-electron chi connectivity index (χ4n) is 1.30. The van der Waals surface area contributed by atoms with Crippen LogP contribution >= 0.6 is 11.6 Å². The zero-order valence-corrected chi connectivity index (χ0v) is 9.98. The molecule has 0 aromatic carbocycles. The van der Waals surface area contributed by atoms with Gasteiger partial charge < -0.3 is 10.0 Å². The van der Waals surface area contributed by atoms with Crippen LogP contribution in [0.15, 0.2) is 12.4 Å². The van der Waals surface area contributed by atoms with Gasteiger partial charge in [-0.1, -0.05) is 18.5 Å². The van der Waals surface area contributed by atoms with Crippen molar-refractivity contribution in [2.75, 3.05) is 11.4 Å². The van der Waals surface area contributed by atoms with Crippen LogP contribution in [0.3, 0.4) is 0 Å². The maximum Gasteiger partial charge on any atom is 0.323 e. The molecule has 0 fully saturated rings. The average Bonchev–Trinajstić information content (AvgIpc) is 2.24. The molecule has 1 unspecified atom stereocenters. The zero-order chi connectivity index (χ0) is 12.1. The molecule has 0 aliphatic heterocycles. The molecule has 1 aromatic heterocycles. The minimum atomic E-state index is -0.901. The molecule has 0 bridgehead atoms.